The lowest BCUT2D eigenvalue weighted by Gasteiger charge is -2.38. The van der Waals surface area contributed by atoms with Crippen LogP contribution >= 0.6 is 0 Å². The third-order valence-corrected chi connectivity index (χ3v) is 3.31. The Morgan fingerprint density at radius 3 is 2.60 bits per heavy atom. The molecule has 15 heavy (non-hydrogen) atoms. The molecule has 1 saturated carbocycles. The standard InChI is InChI=1S/C10H21N3O2/c1-8-2-4-10(7-14,5-3-8)12-6-9(11)13-15/h8,12,14-15H,2-7H2,1H3,(H2,11,13). The van der Waals surface area contributed by atoms with Crippen LogP contribution < -0.4 is 11.1 Å². The van der Waals surface area contributed by atoms with Gasteiger partial charge in [-0.15, -0.1) is 0 Å². The fourth-order valence-corrected chi connectivity index (χ4v) is 2.02. The molecule has 0 aromatic rings. The molecule has 0 atom stereocenters. The fourth-order valence-electron chi connectivity index (χ4n) is 2.02. The molecule has 0 aromatic carbocycles. The highest BCUT2D eigenvalue weighted by atomic mass is 16.4. The van der Waals surface area contributed by atoms with Crippen molar-refractivity contribution in [2.75, 3.05) is 13.2 Å². The summed E-state index contributed by atoms with van der Waals surface area (Å²) in [4.78, 5) is 0. The average molecular weight is 215 g/mol. The van der Waals surface area contributed by atoms with Gasteiger partial charge < -0.3 is 21.4 Å². The van der Waals surface area contributed by atoms with Crippen molar-refractivity contribution in [3.8, 4) is 0 Å². The van der Waals surface area contributed by atoms with Gasteiger partial charge >= 0.3 is 0 Å². The molecule has 1 aliphatic carbocycles. The van der Waals surface area contributed by atoms with E-state index in [9.17, 15) is 5.11 Å². The summed E-state index contributed by atoms with van der Waals surface area (Å²) in [5, 5.41) is 23.9. The Morgan fingerprint density at radius 1 is 1.53 bits per heavy atom. The van der Waals surface area contributed by atoms with Crippen LogP contribution in [0, 0.1) is 5.92 Å². The molecule has 0 radical (unpaired) electrons. The third kappa shape index (κ3) is 3.35. The zero-order valence-electron chi connectivity index (χ0n) is 9.24. The predicted octanol–water partition coefficient (Wildman–Crippen LogP) is 0.264. The molecular formula is C10H21N3O2. The van der Waals surface area contributed by atoms with Gasteiger partial charge in [-0.25, -0.2) is 0 Å². The first kappa shape index (κ1) is 12.3. The van der Waals surface area contributed by atoms with Gasteiger partial charge in [0.1, 0.15) is 0 Å². The summed E-state index contributed by atoms with van der Waals surface area (Å²) < 4.78 is 0. The minimum absolute atomic E-state index is 0.110. The van der Waals surface area contributed by atoms with Crippen LogP contribution in [0.4, 0.5) is 0 Å². The van der Waals surface area contributed by atoms with Gasteiger partial charge in [0, 0.05) is 5.54 Å². The smallest absolute Gasteiger partial charge is 0.153 e. The Kier molecular flexibility index (Phi) is 4.35. The zero-order chi connectivity index (χ0) is 11.3. The largest absolute Gasteiger partial charge is 0.409 e. The number of hydrogen-bond acceptors (Lipinski definition) is 4. The van der Waals surface area contributed by atoms with Gasteiger partial charge in [-0.3, -0.25) is 0 Å². The monoisotopic (exact) mass is 215 g/mol. The van der Waals surface area contributed by atoms with Crippen molar-refractivity contribution in [2.45, 2.75) is 38.1 Å². The van der Waals surface area contributed by atoms with Crippen LogP contribution in [0.25, 0.3) is 0 Å². The normalized spacial score (nSPS) is 32.9. The number of nitrogens with zero attached hydrogens (tertiary/aromatic N) is 1. The Hall–Kier alpha value is -0.810. The molecule has 0 amide bonds. The van der Waals surface area contributed by atoms with Crippen molar-refractivity contribution in [2.24, 2.45) is 16.8 Å². The average Bonchev–Trinajstić information content (AvgIpc) is 2.28. The van der Waals surface area contributed by atoms with Crippen molar-refractivity contribution in [1.29, 1.82) is 0 Å². The number of rotatable bonds is 4. The van der Waals surface area contributed by atoms with Crippen LogP contribution in [0.1, 0.15) is 32.6 Å². The molecule has 1 rings (SSSR count). The summed E-state index contributed by atoms with van der Waals surface area (Å²) in [6.45, 7) is 2.66. The van der Waals surface area contributed by atoms with Gasteiger partial charge in [0.15, 0.2) is 5.84 Å². The number of nitrogens with one attached hydrogen (secondary N) is 1. The molecule has 5 nitrogen and oxygen atoms in total. The van der Waals surface area contributed by atoms with E-state index in [1.165, 1.54) is 0 Å². The van der Waals surface area contributed by atoms with Crippen molar-refractivity contribution in [3.63, 3.8) is 0 Å². The van der Waals surface area contributed by atoms with E-state index in [4.69, 9.17) is 10.9 Å². The highest BCUT2D eigenvalue weighted by Crippen LogP contribution is 2.31. The number of aliphatic hydroxyl groups is 1. The lowest BCUT2D eigenvalue weighted by Crippen LogP contribution is -2.53. The molecule has 0 spiro atoms. The first-order chi connectivity index (χ1) is 7.12. The summed E-state index contributed by atoms with van der Waals surface area (Å²) in [6, 6.07) is 0. The number of hydrogen-bond donors (Lipinski definition) is 4. The zero-order valence-corrected chi connectivity index (χ0v) is 9.24. The van der Waals surface area contributed by atoms with E-state index >= 15 is 0 Å². The quantitative estimate of drug-likeness (QED) is 0.234. The van der Waals surface area contributed by atoms with Crippen molar-refractivity contribution in [1.82, 2.24) is 5.32 Å². The van der Waals surface area contributed by atoms with Gasteiger partial charge in [-0.1, -0.05) is 12.1 Å². The van der Waals surface area contributed by atoms with Crippen molar-refractivity contribution in [3.05, 3.63) is 0 Å². The maximum Gasteiger partial charge on any atom is 0.153 e. The van der Waals surface area contributed by atoms with Gasteiger partial charge in [0.2, 0.25) is 0 Å². The summed E-state index contributed by atoms with van der Waals surface area (Å²) in [5.74, 6) is 0.886. The lowest BCUT2D eigenvalue weighted by atomic mass is 9.77. The molecule has 88 valence electrons. The molecule has 5 heteroatoms. The highest BCUT2D eigenvalue weighted by Gasteiger charge is 2.33. The van der Waals surface area contributed by atoms with Crippen molar-refractivity contribution < 1.29 is 10.3 Å². The minimum atomic E-state index is -0.234. The summed E-state index contributed by atoms with van der Waals surface area (Å²) in [7, 11) is 0. The van der Waals surface area contributed by atoms with E-state index in [0.29, 0.717) is 6.54 Å². The number of nitrogens with two attached hydrogens (primary N) is 1. The Bertz CT molecular complexity index is 223. The van der Waals surface area contributed by atoms with E-state index in [1.54, 1.807) is 0 Å². The fraction of sp³-hybridized carbons (Fsp3) is 0.900. The van der Waals surface area contributed by atoms with E-state index < -0.39 is 0 Å². The number of oxime groups is 1. The lowest BCUT2D eigenvalue weighted by molar-refractivity contribution is 0.110. The van der Waals surface area contributed by atoms with Crippen molar-refractivity contribution >= 4 is 5.84 Å². The second-order valence-electron chi connectivity index (χ2n) is 4.57. The van der Waals surface area contributed by atoms with Crippen LogP contribution in [-0.2, 0) is 0 Å². The van der Waals surface area contributed by atoms with Crippen LogP contribution in [-0.4, -0.2) is 34.8 Å². The summed E-state index contributed by atoms with van der Waals surface area (Å²) in [5.41, 5.74) is 5.15. The molecule has 1 fully saturated rings. The Balaban J connectivity index is 2.46. The Morgan fingerprint density at radius 2 is 2.13 bits per heavy atom. The number of aliphatic hydroxyl groups excluding tert-OH is 1. The van der Waals surface area contributed by atoms with E-state index in [-0.39, 0.29) is 18.0 Å². The maximum absolute atomic E-state index is 9.41. The van der Waals surface area contributed by atoms with Gasteiger partial charge in [-0.05, 0) is 31.6 Å². The first-order valence-corrected chi connectivity index (χ1v) is 5.44. The summed E-state index contributed by atoms with van der Waals surface area (Å²) >= 11 is 0. The Labute approximate surface area is 90.3 Å². The van der Waals surface area contributed by atoms with E-state index in [2.05, 4.69) is 17.4 Å². The molecule has 0 saturated heterocycles. The molecule has 0 aliphatic heterocycles. The molecular weight excluding hydrogens is 194 g/mol. The van der Waals surface area contributed by atoms with Crippen LogP contribution in [0.5, 0.6) is 0 Å². The molecule has 0 heterocycles. The van der Waals surface area contributed by atoms with E-state index in [1.807, 2.05) is 0 Å². The molecule has 0 aromatic heterocycles. The van der Waals surface area contributed by atoms with Gasteiger partial charge in [0.25, 0.3) is 0 Å². The van der Waals surface area contributed by atoms with E-state index in [0.717, 1.165) is 31.6 Å². The second-order valence-corrected chi connectivity index (χ2v) is 4.57. The maximum atomic E-state index is 9.41. The first-order valence-electron chi connectivity index (χ1n) is 5.44. The van der Waals surface area contributed by atoms with Crippen LogP contribution in [0.15, 0.2) is 5.16 Å². The second kappa shape index (κ2) is 5.32. The number of amidine groups is 1. The van der Waals surface area contributed by atoms with Crippen LogP contribution in [0.2, 0.25) is 0 Å². The molecule has 5 N–H and O–H groups in total. The van der Waals surface area contributed by atoms with Crippen LogP contribution in [0.3, 0.4) is 0 Å². The summed E-state index contributed by atoms with van der Waals surface area (Å²) in [6.07, 6.45) is 4.13. The minimum Gasteiger partial charge on any atom is -0.409 e. The van der Waals surface area contributed by atoms with Gasteiger partial charge in [0.05, 0.1) is 13.2 Å². The van der Waals surface area contributed by atoms with Gasteiger partial charge in [-0.2, -0.15) is 0 Å². The highest BCUT2D eigenvalue weighted by molar-refractivity contribution is 5.81. The molecule has 0 bridgehead atoms. The topological polar surface area (TPSA) is 90.9 Å². The predicted molar refractivity (Wildman–Crippen MR) is 58.9 cm³/mol. The molecule has 0 unspecified atom stereocenters. The third-order valence-electron chi connectivity index (χ3n) is 3.31. The molecule has 1 aliphatic rings. The SMILES string of the molecule is CC1CCC(CO)(NCC(N)=NO)CC1.